The van der Waals surface area contributed by atoms with Crippen LogP contribution in [-0.4, -0.2) is 63.5 Å². The van der Waals surface area contributed by atoms with Crippen molar-refractivity contribution in [3.8, 4) is 0 Å². The number of benzene rings is 2. The van der Waals surface area contributed by atoms with E-state index < -0.39 is 53.3 Å². The summed E-state index contributed by atoms with van der Waals surface area (Å²) in [5.41, 5.74) is 2.00. The fraction of sp³-hybridized carbons (Fsp3) is 0.625. The summed E-state index contributed by atoms with van der Waals surface area (Å²) in [5, 5.41) is 23.0. The molecule has 40 heavy (non-hydrogen) atoms. The zero-order valence-electron chi connectivity index (χ0n) is 26.2. The summed E-state index contributed by atoms with van der Waals surface area (Å²) >= 11 is 0. The lowest BCUT2D eigenvalue weighted by molar-refractivity contribution is -0.243. The minimum Gasteiger partial charge on any atom is -0.408 e. The van der Waals surface area contributed by atoms with Crippen molar-refractivity contribution in [3.63, 3.8) is 0 Å². The first-order chi connectivity index (χ1) is 18.4. The van der Waals surface area contributed by atoms with E-state index in [1.54, 1.807) is 0 Å². The van der Waals surface area contributed by atoms with Crippen LogP contribution in [0.25, 0.3) is 0 Å². The van der Waals surface area contributed by atoms with Crippen LogP contribution < -0.4 is 0 Å². The van der Waals surface area contributed by atoms with Gasteiger partial charge >= 0.3 is 0 Å². The standard InChI is InChI=1S/C32H52O6Si2/c1-31(2,3)39(7,8)37-28-26(34)25(33)27(35-21-23-17-13-11-14-18-23)30(38-40(9,10)32(4,5)6)29(28)36-22-24-19-15-12-16-20-24/h11-20,25-30,33-34H,21-22H2,1-10H3/t25-,26+,27-,28-,29+,30+/m1/s1. The van der Waals surface area contributed by atoms with Gasteiger partial charge in [0, 0.05) is 0 Å². The van der Waals surface area contributed by atoms with E-state index in [2.05, 4.69) is 67.7 Å². The molecule has 224 valence electrons. The van der Waals surface area contributed by atoms with E-state index in [9.17, 15) is 10.2 Å². The molecule has 2 aromatic carbocycles. The predicted molar refractivity (Wildman–Crippen MR) is 166 cm³/mol. The van der Waals surface area contributed by atoms with Crippen LogP contribution in [-0.2, 0) is 31.5 Å². The van der Waals surface area contributed by atoms with Gasteiger partial charge in [0.05, 0.1) is 13.2 Å². The highest BCUT2D eigenvalue weighted by Gasteiger charge is 2.57. The largest absolute Gasteiger partial charge is 0.408 e. The Balaban J connectivity index is 2.05. The van der Waals surface area contributed by atoms with Crippen LogP contribution in [0.3, 0.4) is 0 Å². The molecule has 0 spiro atoms. The van der Waals surface area contributed by atoms with Gasteiger partial charge in [0.1, 0.15) is 36.6 Å². The molecule has 0 unspecified atom stereocenters. The molecule has 2 N–H and O–H groups in total. The molecule has 6 atom stereocenters. The molecular formula is C32H52O6Si2. The SMILES string of the molecule is CC(C)(C)[Si](C)(C)O[C@@H]1[C@@H](OCc2ccccc2)[C@H](O[Si](C)(C)C(C)(C)C)[C@@H](O)[C@@H](O)[C@H]1OCc1ccccc1. The summed E-state index contributed by atoms with van der Waals surface area (Å²) in [7, 11) is -4.73. The first-order valence-electron chi connectivity index (χ1n) is 14.5. The molecule has 1 aliphatic rings. The van der Waals surface area contributed by atoms with Crippen molar-refractivity contribution in [2.75, 3.05) is 0 Å². The maximum atomic E-state index is 11.6. The van der Waals surface area contributed by atoms with E-state index >= 15 is 0 Å². The smallest absolute Gasteiger partial charge is 0.192 e. The molecule has 8 heteroatoms. The van der Waals surface area contributed by atoms with Crippen molar-refractivity contribution in [3.05, 3.63) is 71.8 Å². The molecule has 0 bridgehead atoms. The first-order valence-corrected chi connectivity index (χ1v) is 20.3. The predicted octanol–water partition coefficient (Wildman–Crippen LogP) is 6.67. The van der Waals surface area contributed by atoms with E-state index in [1.165, 1.54) is 0 Å². The molecule has 0 aliphatic heterocycles. The molecule has 1 aliphatic carbocycles. The van der Waals surface area contributed by atoms with E-state index in [1.807, 2.05) is 60.7 Å². The lowest BCUT2D eigenvalue weighted by Crippen LogP contribution is -2.69. The van der Waals surface area contributed by atoms with Crippen molar-refractivity contribution < 1.29 is 28.5 Å². The van der Waals surface area contributed by atoms with Crippen molar-refractivity contribution in [2.24, 2.45) is 0 Å². The van der Waals surface area contributed by atoms with E-state index in [4.69, 9.17) is 18.3 Å². The molecule has 0 aromatic heterocycles. The highest BCUT2D eigenvalue weighted by atomic mass is 28.4. The third kappa shape index (κ3) is 7.92. The van der Waals surface area contributed by atoms with Crippen LogP contribution in [0.5, 0.6) is 0 Å². The van der Waals surface area contributed by atoms with Crippen LogP contribution in [0, 0.1) is 0 Å². The summed E-state index contributed by atoms with van der Waals surface area (Å²) in [6, 6.07) is 19.8. The Hall–Kier alpha value is -1.37. The summed E-state index contributed by atoms with van der Waals surface area (Å²) in [6.45, 7) is 22.4. The summed E-state index contributed by atoms with van der Waals surface area (Å²) in [5.74, 6) is 0. The Kier molecular flexibility index (Phi) is 10.7. The van der Waals surface area contributed by atoms with Crippen molar-refractivity contribution in [1.29, 1.82) is 0 Å². The minimum absolute atomic E-state index is 0.0856. The third-order valence-corrected chi connectivity index (χ3v) is 18.0. The molecule has 0 saturated heterocycles. The van der Waals surface area contributed by atoms with Gasteiger partial charge < -0.3 is 28.5 Å². The average Bonchev–Trinajstić information content (AvgIpc) is 2.86. The quantitative estimate of drug-likeness (QED) is 0.302. The fourth-order valence-electron chi connectivity index (χ4n) is 4.37. The van der Waals surface area contributed by atoms with Crippen LogP contribution in [0.4, 0.5) is 0 Å². The number of ether oxygens (including phenoxy) is 2. The summed E-state index contributed by atoms with van der Waals surface area (Å²) in [6.07, 6.45) is -5.26. The number of rotatable bonds is 10. The second-order valence-corrected chi connectivity index (χ2v) is 23.7. The normalized spacial score (nSPS) is 26.6. The molecule has 3 rings (SSSR count). The highest BCUT2D eigenvalue weighted by molar-refractivity contribution is 6.74. The number of hydrogen-bond acceptors (Lipinski definition) is 6. The number of aliphatic hydroxyl groups is 2. The topological polar surface area (TPSA) is 77.4 Å². The van der Waals surface area contributed by atoms with Crippen LogP contribution in [0.1, 0.15) is 52.7 Å². The zero-order chi connectivity index (χ0) is 29.9. The first kappa shape index (κ1) is 33.1. The number of hydrogen-bond donors (Lipinski definition) is 2. The monoisotopic (exact) mass is 588 g/mol. The van der Waals surface area contributed by atoms with Crippen LogP contribution >= 0.6 is 0 Å². The molecule has 0 heterocycles. The summed E-state index contributed by atoms with van der Waals surface area (Å²) in [4.78, 5) is 0. The molecular weight excluding hydrogens is 537 g/mol. The highest BCUT2D eigenvalue weighted by Crippen LogP contribution is 2.43. The Bertz CT molecular complexity index is 1050. The van der Waals surface area contributed by atoms with E-state index in [-0.39, 0.29) is 16.7 Å². The van der Waals surface area contributed by atoms with Gasteiger partial charge in [-0.15, -0.1) is 0 Å². The fourth-order valence-corrected chi connectivity index (χ4v) is 6.98. The van der Waals surface area contributed by atoms with Crippen LogP contribution in [0.15, 0.2) is 60.7 Å². The second kappa shape index (κ2) is 12.9. The Morgan fingerprint density at radius 2 is 0.900 bits per heavy atom. The van der Waals surface area contributed by atoms with Gasteiger partial charge in [-0.1, -0.05) is 102 Å². The van der Waals surface area contributed by atoms with Gasteiger partial charge in [0.25, 0.3) is 0 Å². The van der Waals surface area contributed by atoms with Gasteiger partial charge in [0.2, 0.25) is 0 Å². The second-order valence-electron chi connectivity index (χ2n) is 14.2. The van der Waals surface area contributed by atoms with E-state index in [0.717, 1.165) is 11.1 Å². The van der Waals surface area contributed by atoms with Crippen molar-refractivity contribution >= 4 is 16.6 Å². The maximum absolute atomic E-state index is 11.6. The Morgan fingerprint density at radius 1 is 0.550 bits per heavy atom. The summed E-state index contributed by atoms with van der Waals surface area (Å²) < 4.78 is 27.0. The van der Waals surface area contributed by atoms with Crippen molar-refractivity contribution in [1.82, 2.24) is 0 Å². The number of aliphatic hydroxyl groups excluding tert-OH is 2. The Morgan fingerprint density at radius 3 is 1.30 bits per heavy atom. The molecule has 1 saturated carbocycles. The molecule has 1 fully saturated rings. The molecule has 0 amide bonds. The van der Waals surface area contributed by atoms with E-state index in [0.29, 0.717) is 6.61 Å². The molecule has 0 radical (unpaired) electrons. The Labute approximate surface area is 244 Å². The van der Waals surface area contributed by atoms with Gasteiger partial charge in [-0.3, -0.25) is 0 Å². The third-order valence-electron chi connectivity index (χ3n) is 9.04. The molecule has 6 nitrogen and oxygen atoms in total. The van der Waals surface area contributed by atoms with Crippen molar-refractivity contribution in [2.45, 2.75) is 128 Å². The van der Waals surface area contributed by atoms with Gasteiger partial charge in [-0.2, -0.15) is 0 Å². The maximum Gasteiger partial charge on any atom is 0.192 e. The molecule has 2 aromatic rings. The minimum atomic E-state index is -2.37. The van der Waals surface area contributed by atoms with Gasteiger partial charge in [-0.25, -0.2) is 0 Å². The lowest BCUT2D eigenvalue weighted by atomic mass is 9.84. The average molecular weight is 589 g/mol. The van der Waals surface area contributed by atoms with Gasteiger partial charge in [-0.05, 0) is 47.4 Å². The lowest BCUT2D eigenvalue weighted by Gasteiger charge is -2.53. The van der Waals surface area contributed by atoms with Gasteiger partial charge in [0.15, 0.2) is 16.6 Å². The zero-order valence-corrected chi connectivity index (χ0v) is 28.2. The van der Waals surface area contributed by atoms with Crippen LogP contribution in [0.2, 0.25) is 36.3 Å².